The van der Waals surface area contributed by atoms with Gasteiger partial charge in [-0.3, -0.25) is 4.57 Å². The van der Waals surface area contributed by atoms with Gasteiger partial charge in [0.1, 0.15) is 23.4 Å². The molecule has 0 spiro atoms. The minimum Gasteiger partial charge on any atom is -0.394 e. The Kier molecular flexibility index (Phi) is 8.13. The number of aryl methyl sites for hydroxylation is 1. The molecule has 1 fully saturated rings. The van der Waals surface area contributed by atoms with Crippen molar-refractivity contribution in [2.24, 2.45) is 5.14 Å². The van der Waals surface area contributed by atoms with Crippen molar-refractivity contribution in [3.63, 3.8) is 0 Å². The third kappa shape index (κ3) is 5.78. The zero-order valence-corrected chi connectivity index (χ0v) is 21.7. The van der Waals surface area contributed by atoms with Crippen molar-refractivity contribution in [3.8, 4) is 22.4 Å². The molecule has 4 aromatic rings. The summed E-state index contributed by atoms with van der Waals surface area (Å²) in [6, 6.07) is 17.2. The van der Waals surface area contributed by atoms with E-state index in [1.807, 2.05) is 37.3 Å². The first-order valence-electron chi connectivity index (χ1n) is 11.7. The highest BCUT2D eigenvalue weighted by molar-refractivity contribution is 7.89. The average Bonchev–Trinajstić information content (AvgIpc) is 3.41. The van der Waals surface area contributed by atoms with Gasteiger partial charge in [-0.1, -0.05) is 47.6 Å². The number of nitrogen functional groups attached to an aromatic ring is 1. The topological polar surface area (TPSA) is 197 Å². The molecule has 1 aliphatic rings. The van der Waals surface area contributed by atoms with Gasteiger partial charge < -0.3 is 25.2 Å². The molecule has 12 nitrogen and oxygen atoms in total. The summed E-state index contributed by atoms with van der Waals surface area (Å²) in [7, 11) is -3.70. The Morgan fingerprint density at radius 3 is 2.27 bits per heavy atom. The fraction of sp³-hybridized carbons (Fsp3) is 0.240. The predicted octanol–water partition coefficient (Wildman–Crippen LogP) is 1.68. The number of hydrogen-bond donors (Lipinski definition) is 4. The van der Waals surface area contributed by atoms with E-state index in [9.17, 15) is 27.1 Å². The van der Waals surface area contributed by atoms with E-state index in [2.05, 4.69) is 10.1 Å². The maximum absolute atomic E-state index is 13.7. The minimum absolute atomic E-state index is 0.0756. The summed E-state index contributed by atoms with van der Waals surface area (Å²) in [5.41, 5.74) is 7.53. The first kappa shape index (κ1) is 29.0. The molecule has 3 heterocycles. The molecule has 0 radical (unpaired) electrons. The molecule has 15 heteroatoms. The summed E-state index contributed by atoms with van der Waals surface area (Å²) in [6.07, 6.45) is -4.69. The van der Waals surface area contributed by atoms with Crippen molar-refractivity contribution in [1.29, 1.82) is 0 Å². The molecule has 0 saturated carbocycles. The van der Waals surface area contributed by atoms with E-state index in [0.717, 1.165) is 34.6 Å². The Hall–Kier alpha value is -4.02. The van der Waals surface area contributed by atoms with Crippen molar-refractivity contribution >= 4 is 15.8 Å². The van der Waals surface area contributed by atoms with E-state index in [1.165, 1.54) is 12.1 Å². The van der Waals surface area contributed by atoms with Crippen molar-refractivity contribution in [3.05, 3.63) is 83.1 Å². The molecule has 1 aliphatic heterocycles. The van der Waals surface area contributed by atoms with Crippen LogP contribution < -0.4 is 16.6 Å². The Labute approximate surface area is 226 Å². The van der Waals surface area contributed by atoms with E-state index in [-0.39, 0.29) is 10.7 Å². The van der Waals surface area contributed by atoms with E-state index in [4.69, 9.17) is 25.2 Å². The lowest BCUT2D eigenvalue weighted by atomic mass is 10.00. The molecular weight excluding hydrogens is 552 g/mol. The second-order valence-corrected chi connectivity index (χ2v) is 10.3. The van der Waals surface area contributed by atoms with E-state index in [1.54, 1.807) is 12.1 Å². The van der Waals surface area contributed by atoms with Gasteiger partial charge in [0, 0.05) is 11.8 Å². The van der Waals surface area contributed by atoms with Gasteiger partial charge in [-0.15, -0.1) is 0 Å². The standard InChI is InChI=1S/C16H14N2O3S.C9H11F2N3O4/c1-11-15(12-7-9-14(10-8-12)22(17,19)20)16(18-21-11)13-5-3-2-4-6-13;10-9(11)6(16)4(3-15)18-7(9)14-2-1-5(12)13-8(14)17/h2-10H,1H3,(H2,17,19,20);1-2,4,6-7,15-16H,3H2,(H2,12,13,17)/t;4-,6-,7-/m.1/s1. The Bertz CT molecular complexity index is 1640. The number of halogens is 2. The smallest absolute Gasteiger partial charge is 0.351 e. The SMILES string of the molecule is Cc1onc(-c2ccccc2)c1-c1ccc(S(N)(=O)=O)cc1.Nc1ccn([C@@H]2O[C@H](CO)[C@@H](O)C2(F)F)c(=O)n1. The zero-order chi connectivity index (χ0) is 29.2. The number of hydrogen-bond acceptors (Lipinski definition) is 10. The number of anilines is 1. The first-order valence-corrected chi connectivity index (χ1v) is 13.2. The van der Waals surface area contributed by atoms with Gasteiger partial charge in [0.2, 0.25) is 16.3 Å². The highest BCUT2D eigenvalue weighted by Crippen LogP contribution is 2.42. The number of aliphatic hydroxyl groups excluding tert-OH is 2. The highest BCUT2D eigenvalue weighted by Gasteiger charge is 2.59. The lowest BCUT2D eigenvalue weighted by Gasteiger charge is -2.20. The second kappa shape index (κ2) is 11.2. The highest BCUT2D eigenvalue weighted by atomic mass is 32.2. The largest absolute Gasteiger partial charge is 0.394 e. The molecule has 3 atom stereocenters. The van der Waals surface area contributed by atoms with Crippen molar-refractivity contribution < 1.29 is 36.7 Å². The molecular formula is C25H25F2N5O7S. The van der Waals surface area contributed by atoms with Gasteiger partial charge in [0.15, 0.2) is 6.10 Å². The fourth-order valence-corrected chi connectivity index (χ4v) is 4.55. The fourth-order valence-electron chi connectivity index (χ4n) is 4.04. The molecule has 0 unspecified atom stereocenters. The summed E-state index contributed by atoms with van der Waals surface area (Å²) < 4.78 is 60.7. The lowest BCUT2D eigenvalue weighted by Crippen LogP contribution is -2.41. The number of nitrogens with two attached hydrogens (primary N) is 2. The summed E-state index contributed by atoms with van der Waals surface area (Å²) in [5.74, 6) is -3.16. The average molecular weight is 578 g/mol. The summed E-state index contributed by atoms with van der Waals surface area (Å²) >= 11 is 0. The third-order valence-electron chi connectivity index (χ3n) is 6.05. The predicted molar refractivity (Wildman–Crippen MR) is 138 cm³/mol. The molecule has 0 aliphatic carbocycles. The van der Waals surface area contributed by atoms with Crippen molar-refractivity contribution in [1.82, 2.24) is 14.7 Å². The number of aromatic nitrogens is 3. The Balaban J connectivity index is 0.000000189. The zero-order valence-electron chi connectivity index (χ0n) is 20.9. The first-order chi connectivity index (χ1) is 18.8. The summed E-state index contributed by atoms with van der Waals surface area (Å²) in [6.45, 7) is 1.03. The van der Waals surface area contributed by atoms with Gasteiger partial charge >= 0.3 is 11.6 Å². The van der Waals surface area contributed by atoms with E-state index < -0.39 is 46.7 Å². The maximum atomic E-state index is 13.7. The summed E-state index contributed by atoms with van der Waals surface area (Å²) in [5, 5.41) is 27.3. The van der Waals surface area contributed by atoms with Crippen LogP contribution >= 0.6 is 0 Å². The van der Waals surface area contributed by atoms with E-state index in [0.29, 0.717) is 10.3 Å². The van der Waals surface area contributed by atoms with Crippen LogP contribution in [0, 0.1) is 6.92 Å². The number of ether oxygens (including phenoxy) is 1. The molecule has 2 aromatic heterocycles. The number of benzene rings is 2. The van der Waals surface area contributed by atoms with Crippen LogP contribution in [0.2, 0.25) is 0 Å². The molecule has 2 aromatic carbocycles. The Morgan fingerprint density at radius 2 is 1.73 bits per heavy atom. The normalized spacial score (nSPS) is 20.1. The van der Waals surface area contributed by atoms with Crippen LogP contribution in [-0.4, -0.2) is 58.1 Å². The molecule has 0 bridgehead atoms. The van der Waals surface area contributed by atoms with Gasteiger partial charge in [-0.05, 0) is 30.7 Å². The molecule has 5 rings (SSSR count). The maximum Gasteiger partial charge on any atom is 0.351 e. The van der Waals surface area contributed by atoms with E-state index >= 15 is 0 Å². The number of nitrogens with zero attached hydrogens (tertiary/aromatic N) is 3. The number of sulfonamides is 1. The van der Waals surface area contributed by atoms with Crippen LogP contribution in [-0.2, 0) is 14.8 Å². The number of aliphatic hydroxyl groups is 2. The van der Waals surface area contributed by atoms with Gasteiger partial charge in [0.25, 0.3) is 0 Å². The summed E-state index contributed by atoms with van der Waals surface area (Å²) in [4.78, 5) is 14.8. The molecule has 6 N–H and O–H groups in total. The quantitative estimate of drug-likeness (QED) is 0.271. The number of primary sulfonamides is 1. The second-order valence-electron chi connectivity index (χ2n) is 8.77. The van der Waals surface area contributed by atoms with Crippen molar-refractivity contribution in [2.75, 3.05) is 12.3 Å². The minimum atomic E-state index is -3.71. The van der Waals surface area contributed by atoms with Gasteiger partial charge in [-0.25, -0.2) is 18.4 Å². The van der Waals surface area contributed by atoms with Crippen LogP contribution in [0.25, 0.3) is 22.4 Å². The lowest BCUT2D eigenvalue weighted by molar-refractivity contribution is -0.140. The molecule has 40 heavy (non-hydrogen) atoms. The van der Waals surface area contributed by atoms with Crippen molar-refractivity contribution in [2.45, 2.75) is 36.2 Å². The van der Waals surface area contributed by atoms with Crippen LogP contribution in [0.1, 0.15) is 12.0 Å². The van der Waals surface area contributed by atoms with Gasteiger partial charge in [0.05, 0.1) is 17.1 Å². The molecule has 212 valence electrons. The van der Waals surface area contributed by atoms with Crippen LogP contribution in [0.4, 0.5) is 14.6 Å². The number of alkyl halides is 2. The van der Waals surface area contributed by atoms with Gasteiger partial charge in [-0.2, -0.15) is 13.8 Å². The van der Waals surface area contributed by atoms with Crippen LogP contribution in [0.15, 0.2) is 81.1 Å². The third-order valence-corrected chi connectivity index (χ3v) is 6.97. The number of rotatable bonds is 5. The Morgan fingerprint density at radius 1 is 1.07 bits per heavy atom. The molecule has 1 saturated heterocycles. The monoisotopic (exact) mass is 577 g/mol. The van der Waals surface area contributed by atoms with Crippen LogP contribution in [0.5, 0.6) is 0 Å². The molecule has 0 amide bonds. The van der Waals surface area contributed by atoms with Crippen LogP contribution in [0.3, 0.4) is 0 Å².